The van der Waals surface area contributed by atoms with Gasteiger partial charge in [-0.2, -0.15) is 0 Å². The van der Waals surface area contributed by atoms with Crippen LogP contribution in [0.2, 0.25) is 0 Å². The zero-order valence-electron chi connectivity index (χ0n) is 6.89. The molecule has 0 N–H and O–H groups in total. The predicted octanol–water partition coefficient (Wildman–Crippen LogP) is 4.72. The summed E-state index contributed by atoms with van der Waals surface area (Å²) in [4.78, 5) is 8.43. The van der Waals surface area contributed by atoms with Crippen LogP contribution in [0, 0.1) is 0 Å². The quantitative estimate of drug-likeness (QED) is 0.559. The molecule has 0 fully saturated rings. The summed E-state index contributed by atoms with van der Waals surface area (Å²) in [6, 6.07) is 1.47. The first-order chi connectivity index (χ1) is 6.40. The van der Waals surface area contributed by atoms with Crippen molar-refractivity contribution in [2.45, 2.75) is 4.90 Å². The Balaban J connectivity index is 3.29. The van der Waals surface area contributed by atoms with Gasteiger partial charge in [0.25, 0.3) is 5.24 Å². The highest BCUT2D eigenvalue weighted by molar-refractivity contribution is 8.45. The molecule has 0 atom stereocenters. The van der Waals surface area contributed by atoms with E-state index in [4.69, 9.17) is 11.6 Å². The summed E-state index contributed by atoms with van der Waals surface area (Å²) in [5.74, 6) is 0. The predicted molar refractivity (Wildman–Crippen MR) is 48.0 cm³/mol. The van der Waals surface area contributed by atoms with Crippen molar-refractivity contribution in [2.75, 3.05) is 0 Å². The van der Waals surface area contributed by atoms with Gasteiger partial charge >= 0.3 is 10.2 Å². The number of hydrogen-bond acceptors (Lipinski definition) is 1. The largest absolute Gasteiger partial charge is 0.310 e. The van der Waals surface area contributed by atoms with Crippen LogP contribution in [0.1, 0.15) is 10.4 Å². The second kappa shape index (κ2) is 2.65. The van der Waals surface area contributed by atoms with Crippen LogP contribution in [0.5, 0.6) is 0 Å². The highest BCUT2D eigenvalue weighted by Gasteiger charge is 2.65. The van der Waals surface area contributed by atoms with Gasteiger partial charge in [0.1, 0.15) is 4.90 Å². The minimum atomic E-state index is -9.64. The molecule has 1 nitrogen and oxygen atoms in total. The lowest BCUT2D eigenvalue weighted by atomic mass is 10.2. The van der Waals surface area contributed by atoms with E-state index in [1.165, 1.54) is 0 Å². The molecule has 0 saturated heterocycles. The third-order valence-corrected chi connectivity index (χ3v) is 2.91. The third-order valence-electron chi connectivity index (χ3n) is 1.53. The first-order valence-electron chi connectivity index (χ1n) is 3.44. The lowest BCUT2D eigenvalue weighted by molar-refractivity contribution is 0.108. The molecular formula is C7H4ClF5OS. The highest BCUT2D eigenvalue weighted by atomic mass is 35.5. The van der Waals surface area contributed by atoms with E-state index in [1.807, 2.05) is 0 Å². The van der Waals surface area contributed by atoms with Crippen molar-refractivity contribution in [3.05, 3.63) is 29.8 Å². The molecule has 1 aromatic carbocycles. The van der Waals surface area contributed by atoms with Crippen LogP contribution >= 0.6 is 21.8 Å². The van der Waals surface area contributed by atoms with Crippen molar-refractivity contribution >= 4 is 27.1 Å². The van der Waals surface area contributed by atoms with E-state index in [0.717, 1.165) is 0 Å². The molecule has 0 aliphatic carbocycles. The van der Waals surface area contributed by atoms with Crippen LogP contribution in [0.3, 0.4) is 0 Å². The molecule has 0 unspecified atom stereocenters. The molecule has 15 heavy (non-hydrogen) atoms. The monoisotopic (exact) mass is 266 g/mol. The van der Waals surface area contributed by atoms with Gasteiger partial charge in [0.05, 0.1) is 0 Å². The van der Waals surface area contributed by atoms with E-state index in [9.17, 15) is 24.2 Å². The zero-order valence-corrected chi connectivity index (χ0v) is 8.47. The number of benzene rings is 1. The van der Waals surface area contributed by atoms with E-state index in [0.29, 0.717) is 12.1 Å². The molecule has 0 heterocycles. The topological polar surface area (TPSA) is 17.1 Å². The molecule has 0 aliphatic rings. The SMILES string of the molecule is O=C(Cl)c1ccc(S(F)(F)(F)(F)F)cc1. The fraction of sp³-hybridized carbons (Fsp3) is 0. The van der Waals surface area contributed by atoms with E-state index >= 15 is 0 Å². The van der Waals surface area contributed by atoms with Gasteiger partial charge in [0.2, 0.25) is 0 Å². The Kier molecular flexibility index (Phi) is 2.16. The molecular weight excluding hydrogens is 263 g/mol. The maximum Gasteiger partial charge on any atom is 0.310 e. The van der Waals surface area contributed by atoms with Gasteiger partial charge in [-0.1, -0.05) is 19.4 Å². The minimum absolute atomic E-state index is 0.136. The molecule has 0 aromatic heterocycles. The Morgan fingerprint density at radius 1 is 1.00 bits per heavy atom. The second-order valence-corrected chi connectivity index (χ2v) is 5.52. The normalized spacial score (nSPS) is 16.7. The van der Waals surface area contributed by atoms with Gasteiger partial charge in [-0.15, -0.1) is 0 Å². The molecule has 0 amide bonds. The van der Waals surface area contributed by atoms with Crippen LogP contribution < -0.4 is 0 Å². The smallest absolute Gasteiger partial charge is 0.276 e. The molecule has 0 bridgehead atoms. The Labute approximate surface area is 86.6 Å². The van der Waals surface area contributed by atoms with Crippen molar-refractivity contribution in [3.63, 3.8) is 0 Å². The summed E-state index contributed by atoms with van der Waals surface area (Å²) in [5, 5.41) is -1.01. The Hall–Kier alpha value is -0.820. The standard InChI is InChI=1S/C7H4ClF5OS/c8-7(14)5-1-3-6(4-2-5)15(9,10,11,12)13/h1-4H. The van der Waals surface area contributed by atoms with Gasteiger partial charge in [0.15, 0.2) is 0 Å². The van der Waals surface area contributed by atoms with Crippen molar-refractivity contribution in [2.24, 2.45) is 0 Å². The van der Waals surface area contributed by atoms with E-state index in [-0.39, 0.29) is 17.7 Å². The Bertz CT molecular complexity index is 408. The fourth-order valence-electron chi connectivity index (χ4n) is 0.843. The third kappa shape index (κ3) is 3.07. The summed E-state index contributed by atoms with van der Waals surface area (Å²) in [6.07, 6.45) is 0. The molecule has 1 rings (SSSR count). The number of carbonyl (C=O) groups is 1. The number of carbonyl (C=O) groups excluding carboxylic acids is 1. The highest BCUT2D eigenvalue weighted by Crippen LogP contribution is 3.02. The average Bonchev–Trinajstić information content (AvgIpc) is 2.00. The van der Waals surface area contributed by atoms with Crippen molar-refractivity contribution in [1.82, 2.24) is 0 Å². The lowest BCUT2D eigenvalue weighted by Crippen LogP contribution is -2.06. The first-order valence-corrected chi connectivity index (χ1v) is 5.77. The minimum Gasteiger partial charge on any atom is -0.276 e. The van der Waals surface area contributed by atoms with Gasteiger partial charge < -0.3 is 0 Å². The van der Waals surface area contributed by atoms with Crippen LogP contribution in [0.25, 0.3) is 0 Å². The lowest BCUT2D eigenvalue weighted by Gasteiger charge is -2.40. The van der Waals surface area contributed by atoms with Crippen LogP contribution in [0.15, 0.2) is 29.2 Å². The summed E-state index contributed by atoms with van der Waals surface area (Å²) in [5.41, 5.74) is -0.276. The summed E-state index contributed by atoms with van der Waals surface area (Å²) >= 11 is 4.94. The molecule has 1 aromatic rings. The molecule has 0 spiro atoms. The second-order valence-electron chi connectivity index (χ2n) is 2.77. The van der Waals surface area contributed by atoms with Gasteiger partial charge in [-0.05, 0) is 35.9 Å². The fourth-order valence-corrected chi connectivity index (χ4v) is 1.62. The maximum atomic E-state index is 12.2. The van der Waals surface area contributed by atoms with Gasteiger partial charge in [-0.3, -0.25) is 4.79 Å². The number of rotatable bonds is 2. The Morgan fingerprint density at radius 3 is 1.67 bits per heavy atom. The zero-order chi connectivity index (χ0) is 12.0. The molecule has 0 radical (unpaired) electrons. The van der Waals surface area contributed by atoms with Gasteiger partial charge in [0, 0.05) is 5.56 Å². The molecule has 8 heteroatoms. The van der Waals surface area contributed by atoms with Crippen molar-refractivity contribution in [3.8, 4) is 0 Å². The Morgan fingerprint density at radius 2 is 1.40 bits per heavy atom. The molecule has 0 saturated carbocycles. The summed E-state index contributed by atoms with van der Waals surface area (Å²) in [7, 11) is -9.64. The van der Waals surface area contributed by atoms with E-state index in [2.05, 4.69) is 0 Å². The van der Waals surface area contributed by atoms with Crippen LogP contribution in [0.4, 0.5) is 19.4 Å². The number of halogens is 6. The first kappa shape index (κ1) is 12.3. The molecule has 0 aliphatic heterocycles. The van der Waals surface area contributed by atoms with Crippen molar-refractivity contribution < 1.29 is 24.2 Å². The summed E-state index contributed by atoms with van der Waals surface area (Å²) in [6.45, 7) is 0. The van der Waals surface area contributed by atoms with E-state index < -0.39 is 20.4 Å². The van der Waals surface area contributed by atoms with Crippen molar-refractivity contribution in [1.29, 1.82) is 0 Å². The van der Waals surface area contributed by atoms with E-state index in [1.54, 1.807) is 0 Å². The van der Waals surface area contributed by atoms with Crippen LogP contribution in [-0.2, 0) is 0 Å². The average molecular weight is 267 g/mol. The molecule has 86 valence electrons. The van der Waals surface area contributed by atoms with Crippen LogP contribution in [-0.4, -0.2) is 5.24 Å². The maximum absolute atomic E-state index is 12.2. The number of hydrogen-bond donors (Lipinski definition) is 0. The van der Waals surface area contributed by atoms with Gasteiger partial charge in [-0.25, -0.2) is 0 Å². The summed E-state index contributed by atoms with van der Waals surface area (Å²) < 4.78 is 60.8.